The fourth-order valence-corrected chi connectivity index (χ4v) is 14.0. The highest BCUT2D eigenvalue weighted by Gasteiger charge is 2.26. The van der Waals surface area contributed by atoms with Gasteiger partial charge in [0.2, 0.25) is 0 Å². The molecule has 0 aliphatic rings. The van der Waals surface area contributed by atoms with Crippen LogP contribution in [0.15, 0.2) is 304 Å². The predicted molar refractivity (Wildman–Crippen MR) is 374 cm³/mol. The van der Waals surface area contributed by atoms with E-state index >= 15 is 0 Å². The third kappa shape index (κ3) is 8.26. The number of rotatable bonds is 11. The molecular formula is C83H56N6. The van der Waals surface area contributed by atoms with Gasteiger partial charge in [-0.2, -0.15) is 0 Å². The van der Waals surface area contributed by atoms with E-state index < -0.39 is 0 Å². The van der Waals surface area contributed by atoms with Crippen LogP contribution >= 0.6 is 0 Å². The van der Waals surface area contributed by atoms with Gasteiger partial charge in [-0.25, -0.2) is 9.97 Å². The van der Waals surface area contributed by atoms with Crippen molar-refractivity contribution in [1.82, 2.24) is 28.2 Å². The minimum absolute atomic E-state index is 0.870. The summed E-state index contributed by atoms with van der Waals surface area (Å²) in [4.78, 5) is 10.9. The lowest BCUT2D eigenvalue weighted by Gasteiger charge is -2.16. The Kier molecular flexibility index (Phi) is 12.2. The summed E-state index contributed by atoms with van der Waals surface area (Å²) in [6.07, 6.45) is 6.37. The molecule has 89 heavy (non-hydrogen) atoms. The van der Waals surface area contributed by atoms with Gasteiger partial charge < -0.3 is 18.3 Å². The highest BCUT2D eigenvalue weighted by Crippen LogP contribution is 2.46. The van der Waals surface area contributed by atoms with E-state index in [1.54, 1.807) is 0 Å². The molecule has 17 aromatic rings. The van der Waals surface area contributed by atoms with Crippen molar-refractivity contribution in [3.8, 4) is 78.9 Å². The summed E-state index contributed by atoms with van der Waals surface area (Å²) in [6.45, 7) is 6.50. The smallest absolute Gasteiger partial charge is 0.0730 e. The molecule has 0 aliphatic heterocycles. The van der Waals surface area contributed by atoms with Crippen LogP contribution in [0.5, 0.6) is 0 Å². The van der Waals surface area contributed by atoms with Gasteiger partial charge in [-0.15, -0.1) is 0 Å². The maximum atomic E-state index is 5.60. The van der Waals surface area contributed by atoms with Gasteiger partial charge in [0.25, 0.3) is 0 Å². The molecule has 0 unspecified atom stereocenters. The van der Waals surface area contributed by atoms with Gasteiger partial charge in [-0.3, -0.25) is 0 Å². The number of benzene rings is 11. The van der Waals surface area contributed by atoms with Crippen molar-refractivity contribution in [2.45, 2.75) is 6.92 Å². The number of pyridine rings is 2. The first-order valence-electron chi connectivity index (χ1n) is 30.4. The van der Waals surface area contributed by atoms with Crippen molar-refractivity contribution in [1.29, 1.82) is 0 Å². The zero-order chi connectivity index (χ0) is 59.1. The monoisotopic (exact) mass is 1140 g/mol. The summed E-state index contributed by atoms with van der Waals surface area (Å²) in [6, 6.07) is 105. The van der Waals surface area contributed by atoms with Gasteiger partial charge in [0.1, 0.15) is 0 Å². The lowest BCUT2D eigenvalue weighted by atomic mass is 9.99. The molecule has 0 saturated heterocycles. The SMILES string of the molecule is C=Cc1c(/C=C\C)c2c(ccc3c4ccccc4n(-c4cc(-c5ccccc5)nc(-c5cccc(-c6ccccc6-n6c7ccccc7c7ccc8c(c9ccccc9n8-c8cc(-c9ccccc9)nc(-c9ccccc9)c8)c76)c5)c4)c32)n1-c1ccccc1. The van der Waals surface area contributed by atoms with Crippen LogP contribution in [-0.2, 0) is 0 Å². The van der Waals surface area contributed by atoms with Crippen LogP contribution in [0.25, 0.3) is 167 Å². The Labute approximate surface area is 514 Å². The summed E-state index contributed by atoms with van der Waals surface area (Å²) in [5.41, 5.74) is 24.2. The lowest BCUT2D eigenvalue weighted by Crippen LogP contribution is -2.00. The van der Waals surface area contributed by atoms with Crippen LogP contribution in [0, 0.1) is 0 Å². The summed E-state index contributed by atoms with van der Waals surface area (Å²) in [5.74, 6) is 0. The molecule has 0 radical (unpaired) electrons. The van der Waals surface area contributed by atoms with Crippen LogP contribution in [0.1, 0.15) is 18.2 Å². The Morgan fingerprint density at radius 3 is 1.33 bits per heavy atom. The van der Waals surface area contributed by atoms with E-state index in [0.29, 0.717) is 0 Å². The van der Waals surface area contributed by atoms with Crippen LogP contribution in [0.3, 0.4) is 0 Å². The molecule has 0 amide bonds. The average molecular weight is 1140 g/mol. The molecule has 0 spiro atoms. The Morgan fingerprint density at radius 1 is 0.315 bits per heavy atom. The second-order valence-electron chi connectivity index (χ2n) is 22.8. The average Bonchev–Trinajstić information content (AvgIpc) is 1.57. The fourth-order valence-electron chi connectivity index (χ4n) is 14.0. The molecule has 17 rings (SSSR count). The Hall–Kier alpha value is -11.9. The largest absolute Gasteiger partial charge is 0.309 e. The van der Waals surface area contributed by atoms with Gasteiger partial charge in [-0.1, -0.05) is 231 Å². The molecule has 0 fully saturated rings. The quantitative estimate of drug-likeness (QED) is 0.130. The first kappa shape index (κ1) is 51.6. The Bertz CT molecular complexity index is 5630. The van der Waals surface area contributed by atoms with Crippen LogP contribution < -0.4 is 0 Å². The number of allylic oxidation sites excluding steroid dienone is 1. The number of nitrogens with zero attached hydrogens (tertiary/aromatic N) is 6. The minimum atomic E-state index is 0.870. The van der Waals surface area contributed by atoms with E-state index in [0.717, 1.165) is 134 Å². The van der Waals surface area contributed by atoms with E-state index in [1.807, 2.05) is 6.08 Å². The molecule has 0 N–H and O–H groups in total. The van der Waals surface area contributed by atoms with Crippen molar-refractivity contribution in [3.05, 3.63) is 315 Å². The predicted octanol–water partition coefficient (Wildman–Crippen LogP) is 21.7. The summed E-state index contributed by atoms with van der Waals surface area (Å²) in [7, 11) is 0. The highest BCUT2D eigenvalue weighted by molar-refractivity contribution is 6.27. The van der Waals surface area contributed by atoms with Crippen LogP contribution in [0.4, 0.5) is 0 Å². The van der Waals surface area contributed by atoms with E-state index in [2.05, 4.69) is 335 Å². The zero-order valence-corrected chi connectivity index (χ0v) is 48.8. The number of para-hydroxylation sites is 5. The maximum absolute atomic E-state index is 5.60. The van der Waals surface area contributed by atoms with Gasteiger partial charge >= 0.3 is 0 Å². The summed E-state index contributed by atoms with van der Waals surface area (Å²) in [5, 5.41) is 8.26. The molecule has 6 aromatic heterocycles. The molecule has 418 valence electrons. The van der Waals surface area contributed by atoms with Crippen LogP contribution in [-0.4, -0.2) is 28.2 Å². The standard InChI is InChI=1S/C83H56N6/c1-3-26-67-73(4-2)86(59-35-15-8-16-36-59)78-47-45-65-63-38-18-22-42-75(63)88(82(65)80(67)78)61-52-71(56-31-13-7-14-32-56)85-72(53-61)58-34-25-33-57(49-58)62-37-17-21-41-74(62)89-76-43-23-19-39-64(76)66-46-48-79-81(83(66)89)68-40-20-24-44-77(68)87(79)60-50-69(54-27-9-5-10-28-54)84-70(51-60)55-29-11-6-12-30-55/h3-53H,2H2,1H3/b26-3-. The zero-order valence-electron chi connectivity index (χ0n) is 48.8. The third-order valence-electron chi connectivity index (χ3n) is 17.8. The number of hydrogen-bond donors (Lipinski definition) is 0. The van der Waals surface area contributed by atoms with E-state index in [4.69, 9.17) is 9.97 Å². The van der Waals surface area contributed by atoms with Gasteiger partial charge in [0.15, 0.2) is 0 Å². The first-order chi connectivity index (χ1) is 44.1. The summed E-state index contributed by atoms with van der Waals surface area (Å²) >= 11 is 0. The second kappa shape index (κ2) is 21.0. The van der Waals surface area contributed by atoms with Crippen molar-refractivity contribution in [2.24, 2.45) is 0 Å². The molecule has 0 aliphatic carbocycles. The van der Waals surface area contributed by atoms with Crippen molar-refractivity contribution in [3.63, 3.8) is 0 Å². The number of aromatic nitrogens is 6. The van der Waals surface area contributed by atoms with Crippen molar-refractivity contribution >= 4 is 88.5 Å². The number of hydrogen-bond acceptors (Lipinski definition) is 2. The Balaban J connectivity index is 0.881. The molecule has 6 heteroatoms. The van der Waals surface area contributed by atoms with Crippen molar-refractivity contribution < 1.29 is 0 Å². The maximum Gasteiger partial charge on any atom is 0.0730 e. The summed E-state index contributed by atoms with van der Waals surface area (Å²) < 4.78 is 9.78. The van der Waals surface area contributed by atoms with E-state index in [9.17, 15) is 0 Å². The van der Waals surface area contributed by atoms with Gasteiger partial charge in [-0.05, 0) is 97.4 Å². The normalized spacial score (nSPS) is 11.9. The lowest BCUT2D eigenvalue weighted by molar-refractivity contribution is 1.11. The molecule has 0 saturated carbocycles. The Morgan fingerprint density at radius 2 is 0.753 bits per heavy atom. The van der Waals surface area contributed by atoms with E-state index in [-0.39, 0.29) is 0 Å². The third-order valence-corrected chi connectivity index (χ3v) is 17.8. The van der Waals surface area contributed by atoms with Crippen molar-refractivity contribution in [2.75, 3.05) is 0 Å². The topological polar surface area (TPSA) is 45.5 Å². The molecule has 0 atom stereocenters. The molecule has 6 heterocycles. The number of fused-ring (bicyclic) bond motifs is 12. The van der Waals surface area contributed by atoms with Gasteiger partial charge in [0, 0.05) is 76.8 Å². The minimum Gasteiger partial charge on any atom is -0.309 e. The molecule has 0 bridgehead atoms. The van der Waals surface area contributed by atoms with E-state index in [1.165, 1.54) is 32.3 Å². The fraction of sp³-hybridized carbons (Fsp3) is 0.0120. The van der Waals surface area contributed by atoms with Crippen LogP contribution in [0.2, 0.25) is 0 Å². The first-order valence-corrected chi connectivity index (χ1v) is 30.4. The highest BCUT2D eigenvalue weighted by atomic mass is 15.0. The molecule has 11 aromatic carbocycles. The second-order valence-corrected chi connectivity index (χ2v) is 22.8. The molecule has 6 nitrogen and oxygen atoms in total. The van der Waals surface area contributed by atoms with Gasteiger partial charge in [0.05, 0.1) is 84.1 Å². The molecular weight excluding hydrogens is 1080 g/mol.